The molecule has 4 nitrogen and oxygen atoms in total. The van der Waals surface area contributed by atoms with Crippen LogP contribution in [-0.2, 0) is 11.2 Å². The molecule has 0 spiro atoms. The summed E-state index contributed by atoms with van der Waals surface area (Å²) in [6.45, 7) is 14.2. The van der Waals surface area contributed by atoms with Crippen molar-refractivity contribution in [3.63, 3.8) is 0 Å². The third-order valence-electron chi connectivity index (χ3n) is 3.81. The molecule has 120 valence electrons. The molecule has 0 N–H and O–H groups in total. The van der Waals surface area contributed by atoms with E-state index in [2.05, 4.69) is 32.9 Å². The molecular weight excluding hydrogens is 264 g/mol. The van der Waals surface area contributed by atoms with Gasteiger partial charge in [-0.3, -0.25) is 4.79 Å². The molecule has 4 heteroatoms. The fourth-order valence-electron chi connectivity index (χ4n) is 2.21. The number of carbonyl (C=O) groups excluding carboxylic acids is 1. The van der Waals surface area contributed by atoms with E-state index in [0.717, 1.165) is 42.9 Å². The maximum absolute atomic E-state index is 12.6. The van der Waals surface area contributed by atoms with Crippen molar-refractivity contribution in [2.75, 3.05) is 13.1 Å². The molecule has 0 atom stereocenters. The number of aryl methyl sites for hydroxylation is 2. The van der Waals surface area contributed by atoms with Crippen LogP contribution in [0.3, 0.4) is 0 Å². The van der Waals surface area contributed by atoms with E-state index >= 15 is 0 Å². The maximum Gasteiger partial charge on any atom is 0.227 e. The van der Waals surface area contributed by atoms with Crippen molar-refractivity contribution in [1.29, 1.82) is 0 Å². The molecule has 0 unspecified atom stereocenters. The Labute approximate surface area is 128 Å². The first-order valence-electron chi connectivity index (χ1n) is 8.00. The van der Waals surface area contributed by atoms with Gasteiger partial charge < -0.3 is 9.42 Å². The average Bonchev–Trinajstić information content (AvgIpc) is 2.69. The second kappa shape index (κ2) is 8.20. The SMILES string of the molecule is Cc1noc(C)c1CC(=O)N(CCC(C)C)CCC(C)C. The van der Waals surface area contributed by atoms with E-state index in [0.29, 0.717) is 18.3 Å². The smallest absolute Gasteiger partial charge is 0.227 e. The zero-order valence-corrected chi connectivity index (χ0v) is 14.4. The predicted molar refractivity (Wildman–Crippen MR) is 85.2 cm³/mol. The van der Waals surface area contributed by atoms with Gasteiger partial charge in [-0.2, -0.15) is 0 Å². The minimum absolute atomic E-state index is 0.186. The van der Waals surface area contributed by atoms with E-state index in [1.54, 1.807) is 0 Å². The first kappa shape index (κ1) is 17.7. The molecule has 0 saturated carbocycles. The van der Waals surface area contributed by atoms with Crippen LogP contribution in [0.5, 0.6) is 0 Å². The minimum atomic E-state index is 0.186. The van der Waals surface area contributed by atoms with Crippen molar-refractivity contribution in [1.82, 2.24) is 10.1 Å². The lowest BCUT2D eigenvalue weighted by Crippen LogP contribution is -2.35. The summed E-state index contributed by atoms with van der Waals surface area (Å²) in [6, 6.07) is 0. The van der Waals surface area contributed by atoms with Crippen molar-refractivity contribution < 1.29 is 9.32 Å². The normalized spacial score (nSPS) is 11.4. The third kappa shape index (κ3) is 5.90. The largest absolute Gasteiger partial charge is 0.361 e. The van der Waals surface area contributed by atoms with Crippen LogP contribution in [0.25, 0.3) is 0 Å². The summed E-state index contributed by atoms with van der Waals surface area (Å²) in [5, 5.41) is 3.93. The van der Waals surface area contributed by atoms with Gasteiger partial charge in [0.15, 0.2) is 0 Å². The highest BCUT2D eigenvalue weighted by atomic mass is 16.5. The summed E-state index contributed by atoms with van der Waals surface area (Å²) in [4.78, 5) is 14.6. The Morgan fingerprint density at radius 2 is 1.62 bits per heavy atom. The standard InChI is InChI=1S/C17H30N2O2/c1-12(2)7-9-19(10-8-13(3)4)17(20)11-16-14(5)18-21-15(16)6/h12-13H,7-11H2,1-6H3. The topological polar surface area (TPSA) is 46.3 Å². The van der Waals surface area contributed by atoms with Gasteiger partial charge in [0.1, 0.15) is 5.76 Å². The highest BCUT2D eigenvalue weighted by Gasteiger charge is 2.19. The number of carbonyl (C=O) groups is 1. The summed E-state index contributed by atoms with van der Waals surface area (Å²) >= 11 is 0. The fourth-order valence-corrected chi connectivity index (χ4v) is 2.21. The number of hydrogen-bond acceptors (Lipinski definition) is 3. The summed E-state index contributed by atoms with van der Waals surface area (Å²) in [5.74, 6) is 2.16. The van der Waals surface area contributed by atoms with Crippen molar-refractivity contribution in [3.8, 4) is 0 Å². The quantitative estimate of drug-likeness (QED) is 0.733. The molecule has 0 radical (unpaired) electrons. The molecule has 21 heavy (non-hydrogen) atoms. The van der Waals surface area contributed by atoms with Crippen LogP contribution in [-0.4, -0.2) is 29.1 Å². The van der Waals surface area contributed by atoms with E-state index in [9.17, 15) is 4.79 Å². The third-order valence-corrected chi connectivity index (χ3v) is 3.81. The van der Waals surface area contributed by atoms with Gasteiger partial charge in [-0.05, 0) is 38.5 Å². The second-order valence-electron chi connectivity index (χ2n) is 6.73. The van der Waals surface area contributed by atoms with Crippen LogP contribution in [0.15, 0.2) is 4.52 Å². The molecule has 1 heterocycles. The fraction of sp³-hybridized carbons (Fsp3) is 0.765. The van der Waals surface area contributed by atoms with Gasteiger partial charge in [0, 0.05) is 18.7 Å². The lowest BCUT2D eigenvalue weighted by molar-refractivity contribution is -0.130. The number of aromatic nitrogens is 1. The molecule has 0 aliphatic carbocycles. The van der Waals surface area contributed by atoms with Gasteiger partial charge in [0.25, 0.3) is 0 Å². The molecule has 1 amide bonds. The monoisotopic (exact) mass is 294 g/mol. The van der Waals surface area contributed by atoms with Crippen LogP contribution < -0.4 is 0 Å². The van der Waals surface area contributed by atoms with Crippen molar-refractivity contribution in [2.24, 2.45) is 11.8 Å². The van der Waals surface area contributed by atoms with Crippen molar-refractivity contribution in [2.45, 2.75) is 60.8 Å². The van der Waals surface area contributed by atoms with Gasteiger partial charge in [-0.1, -0.05) is 32.9 Å². The second-order valence-corrected chi connectivity index (χ2v) is 6.73. The van der Waals surface area contributed by atoms with E-state index in [-0.39, 0.29) is 5.91 Å². The number of nitrogens with zero attached hydrogens (tertiary/aromatic N) is 2. The number of rotatable bonds is 8. The first-order chi connectivity index (χ1) is 9.81. The molecule has 0 aromatic carbocycles. The Morgan fingerprint density at radius 1 is 1.10 bits per heavy atom. The predicted octanol–water partition coefficient (Wildman–Crippen LogP) is 3.75. The average molecular weight is 294 g/mol. The van der Waals surface area contributed by atoms with Gasteiger partial charge in [-0.25, -0.2) is 0 Å². The van der Waals surface area contributed by atoms with E-state index in [1.165, 1.54) is 0 Å². The number of hydrogen-bond donors (Lipinski definition) is 0. The van der Waals surface area contributed by atoms with Crippen LogP contribution >= 0.6 is 0 Å². The Balaban J connectivity index is 2.69. The number of amides is 1. The lowest BCUT2D eigenvalue weighted by Gasteiger charge is -2.24. The van der Waals surface area contributed by atoms with Crippen molar-refractivity contribution in [3.05, 3.63) is 17.0 Å². The summed E-state index contributed by atoms with van der Waals surface area (Å²) in [6.07, 6.45) is 2.49. The van der Waals surface area contributed by atoms with E-state index < -0.39 is 0 Å². The van der Waals surface area contributed by atoms with Crippen molar-refractivity contribution >= 4 is 5.91 Å². The Hall–Kier alpha value is -1.32. The zero-order valence-electron chi connectivity index (χ0n) is 14.4. The summed E-state index contributed by atoms with van der Waals surface area (Å²) in [7, 11) is 0. The van der Waals surface area contributed by atoms with Gasteiger partial charge in [0.05, 0.1) is 12.1 Å². The molecule has 1 rings (SSSR count). The molecule has 0 bridgehead atoms. The molecule has 0 fully saturated rings. The van der Waals surface area contributed by atoms with Crippen LogP contribution in [0.1, 0.15) is 57.6 Å². The van der Waals surface area contributed by atoms with Gasteiger partial charge >= 0.3 is 0 Å². The van der Waals surface area contributed by atoms with E-state index in [1.807, 2.05) is 18.7 Å². The highest BCUT2D eigenvalue weighted by molar-refractivity contribution is 5.79. The Bertz CT molecular complexity index is 418. The van der Waals surface area contributed by atoms with Crippen LogP contribution in [0, 0.1) is 25.7 Å². The minimum Gasteiger partial charge on any atom is -0.361 e. The van der Waals surface area contributed by atoms with Crippen LogP contribution in [0.4, 0.5) is 0 Å². The maximum atomic E-state index is 12.6. The first-order valence-corrected chi connectivity index (χ1v) is 8.00. The van der Waals surface area contributed by atoms with Crippen LogP contribution in [0.2, 0.25) is 0 Å². The highest BCUT2D eigenvalue weighted by Crippen LogP contribution is 2.15. The molecule has 1 aromatic heterocycles. The lowest BCUT2D eigenvalue weighted by atomic mass is 10.1. The molecule has 0 aliphatic heterocycles. The Kier molecular flexibility index (Phi) is 6.93. The van der Waals surface area contributed by atoms with E-state index in [4.69, 9.17) is 4.52 Å². The Morgan fingerprint density at radius 3 is 2.00 bits per heavy atom. The molecule has 0 aliphatic rings. The molecule has 1 aromatic rings. The zero-order chi connectivity index (χ0) is 16.0. The molecule has 0 saturated heterocycles. The summed E-state index contributed by atoms with van der Waals surface area (Å²) in [5.41, 5.74) is 1.77. The summed E-state index contributed by atoms with van der Waals surface area (Å²) < 4.78 is 5.15. The van der Waals surface area contributed by atoms with Gasteiger partial charge in [-0.15, -0.1) is 0 Å². The molecular formula is C17H30N2O2. The van der Waals surface area contributed by atoms with Gasteiger partial charge in [0.2, 0.25) is 5.91 Å².